The second-order valence-electron chi connectivity index (χ2n) is 3.89. The van der Waals surface area contributed by atoms with Crippen LogP contribution < -0.4 is 10.6 Å². The first-order valence-electron chi connectivity index (χ1n) is 5.90. The lowest BCUT2D eigenvalue weighted by Gasteiger charge is -2.18. The van der Waals surface area contributed by atoms with Gasteiger partial charge in [-0.2, -0.15) is 0 Å². The lowest BCUT2D eigenvalue weighted by molar-refractivity contribution is -0.123. The molecule has 5 nitrogen and oxygen atoms in total. The molecule has 0 aliphatic heterocycles. The average Bonchev–Trinajstić information content (AvgIpc) is 2.38. The Balaban J connectivity index is 2.03. The summed E-state index contributed by atoms with van der Waals surface area (Å²) < 4.78 is 10.4. The number of hydrogen-bond donors (Lipinski definition) is 1. The molecule has 0 bridgehead atoms. The molecule has 0 unspecified atom stereocenters. The first-order chi connectivity index (χ1) is 8.70. The number of benzene rings is 1. The van der Waals surface area contributed by atoms with Crippen molar-refractivity contribution in [2.45, 2.75) is 0 Å². The third-order valence-corrected chi connectivity index (χ3v) is 2.38. The molecule has 0 saturated heterocycles. The molecule has 1 rings (SSSR count). The Morgan fingerprint density at radius 3 is 2.50 bits per heavy atom. The number of ether oxygens (including phenoxy) is 2. The van der Waals surface area contributed by atoms with Crippen LogP contribution >= 0.6 is 0 Å². The van der Waals surface area contributed by atoms with E-state index in [2.05, 4.69) is 17.0 Å². The van der Waals surface area contributed by atoms with E-state index in [1.165, 1.54) is 0 Å². The minimum Gasteiger partial charge on any atom is -0.377 e. The molecule has 0 heterocycles. The van der Waals surface area contributed by atoms with Gasteiger partial charge in [-0.1, -0.05) is 18.2 Å². The van der Waals surface area contributed by atoms with E-state index in [4.69, 9.17) is 15.2 Å². The monoisotopic (exact) mass is 252 g/mol. The largest absolute Gasteiger partial charge is 0.377 e. The molecular formula is C13H20N2O3. The Bertz CT molecular complexity index is 343. The van der Waals surface area contributed by atoms with Crippen molar-refractivity contribution in [3.8, 4) is 0 Å². The first kappa shape index (κ1) is 14.5. The van der Waals surface area contributed by atoms with E-state index in [-0.39, 0.29) is 6.61 Å². The zero-order valence-corrected chi connectivity index (χ0v) is 10.7. The number of hydrogen-bond acceptors (Lipinski definition) is 4. The molecule has 0 aliphatic carbocycles. The Morgan fingerprint density at radius 2 is 1.83 bits per heavy atom. The minimum absolute atomic E-state index is 0.0483. The van der Waals surface area contributed by atoms with E-state index < -0.39 is 5.91 Å². The lowest BCUT2D eigenvalue weighted by Crippen LogP contribution is -2.24. The van der Waals surface area contributed by atoms with Crippen LogP contribution in [0.3, 0.4) is 0 Å². The molecule has 0 fully saturated rings. The van der Waals surface area contributed by atoms with E-state index >= 15 is 0 Å². The number of carbonyl (C=O) groups is 1. The zero-order chi connectivity index (χ0) is 13.2. The smallest absolute Gasteiger partial charge is 0.243 e. The number of anilines is 1. The van der Waals surface area contributed by atoms with E-state index in [1.54, 1.807) is 0 Å². The van der Waals surface area contributed by atoms with Crippen molar-refractivity contribution < 1.29 is 14.3 Å². The van der Waals surface area contributed by atoms with Crippen LogP contribution in [0.2, 0.25) is 0 Å². The Hall–Kier alpha value is -1.59. The Labute approximate surface area is 107 Å². The van der Waals surface area contributed by atoms with Crippen molar-refractivity contribution in [3.63, 3.8) is 0 Å². The Morgan fingerprint density at radius 1 is 1.17 bits per heavy atom. The highest BCUT2D eigenvalue weighted by molar-refractivity contribution is 5.74. The summed E-state index contributed by atoms with van der Waals surface area (Å²) in [7, 11) is 2.02. The summed E-state index contributed by atoms with van der Waals surface area (Å²) in [5, 5.41) is 0. The van der Waals surface area contributed by atoms with Gasteiger partial charge in [-0.3, -0.25) is 4.79 Å². The van der Waals surface area contributed by atoms with Crippen molar-refractivity contribution in [2.75, 3.05) is 44.9 Å². The topological polar surface area (TPSA) is 64.8 Å². The summed E-state index contributed by atoms with van der Waals surface area (Å²) in [4.78, 5) is 12.5. The summed E-state index contributed by atoms with van der Waals surface area (Å²) in [5.41, 5.74) is 6.08. The van der Waals surface area contributed by atoms with Gasteiger partial charge in [-0.05, 0) is 12.1 Å². The number of rotatable bonds is 9. The van der Waals surface area contributed by atoms with E-state index in [9.17, 15) is 4.79 Å². The fourth-order valence-corrected chi connectivity index (χ4v) is 1.41. The fourth-order valence-electron chi connectivity index (χ4n) is 1.41. The molecular weight excluding hydrogens is 232 g/mol. The van der Waals surface area contributed by atoms with Crippen LogP contribution in [0.1, 0.15) is 0 Å². The summed E-state index contributed by atoms with van der Waals surface area (Å²) in [6, 6.07) is 10.1. The molecule has 0 atom stereocenters. The highest BCUT2D eigenvalue weighted by Gasteiger charge is 1.99. The maximum absolute atomic E-state index is 10.4. The number of primary amides is 1. The van der Waals surface area contributed by atoms with Gasteiger partial charge in [0.15, 0.2) is 0 Å². The minimum atomic E-state index is -0.459. The third kappa shape index (κ3) is 6.22. The second-order valence-corrected chi connectivity index (χ2v) is 3.89. The van der Waals surface area contributed by atoms with Crippen LogP contribution in [-0.2, 0) is 14.3 Å². The van der Waals surface area contributed by atoms with Gasteiger partial charge in [0.2, 0.25) is 5.91 Å². The van der Waals surface area contributed by atoms with Crippen LogP contribution in [0, 0.1) is 0 Å². The molecule has 0 radical (unpaired) electrons. The highest BCUT2D eigenvalue weighted by Crippen LogP contribution is 2.09. The molecule has 18 heavy (non-hydrogen) atoms. The van der Waals surface area contributed by atoms with Crippen LogP contribution in [0.15, 0.2) is 30.3 Å². The maximum atomic E-state index is 10.4. The second kappa shape index (κ2) is 8.49. The molecule has 1 amide bonds. The van der Waals surface area contributed by atoms with Crippen LogP contribution in [0.5, 0.6) is 0 Å². The molecule has 0 aromatic heterocycles. The van der Waals surface area contributed by atoms with Gasteiger partial charge in [0.05, 0.1) is 19.8 Å². The molecule has 0 aliphatic rings. The number of likely N-dealkylation sites (N-methyl/N-ethyl adjacent to an activating group) is 1. The summed E-state index contributed by atoms with van der Waals surface area (Å²) >= 11 is 0. The van der Waals surface area contributed by atoms with Crippen molar-refractivity contribution in [1.82, 2.24) is 0 Å². The molecule has 1 aromatic rings. The summed E-state index contributed by atoms with van der Waals surface area (Å²) in [6.45, 7) is 2.23. The van der Waals surface area contributed by atoms with Crippen molar-refractivity contribution in [2.24, 2.45) is 5.73 Å². The van der Waals surface area contributed by atoms with Crippen molar-refractivity contribution >= 4 is 11.6 Å². The van der Waals surface area contributed by atoms with E-state index in [0.717, 1.165) is 12.2 Å². The first-order valence-corrected chi connectivity index (χ1v) is 5.90. The molecule has 100 valence electrons. The predicted octanol–water partition coefficient (Wildman–Crippen LogP) is 0.641. The number of nitrogens with zero attached hydrogens (tertiary/aromatic N) is 1. The van der Waals surface area contributed by atoms with Gasteiger partial charge in [-0.25, -0.2) is 0 Å². The number of carbonyl (C=O) groups excluding carboxylic acids is 1. The molecule has 1 aromatic carbocycles. The SMILES string of the molecule is CN(CCOCCOCC(N)=O)c1ccccc1. The van der Waals surface area contributed by atoms with Crippen LogP contribution in [-0.4, -0.2) is 45.9 Å². The number of para-hydroxylation sites is 1. The molecule has 2 N–H and O–H groups in total. The standard InChI is InChI=1S/C13H20N2O3/c1-15(12-5-3-2-4-6-12)7-8-17-9-10-18-11-13(14)16/h2-6H,7-11H2,1H3,(H2,14,16). The van der Waals surface area contributed by atoms with E-state index in [0.29, 0.717) is 19.8 Å². The molecule has 0 spiro atoms. The summed E-state index contributed by atoms with van der Waals surface area (Å²) in [5.74, 6) is -0.459. The van der Waals surface area contributed by atoms with Gasteiger partial charge in [0.1, 0.15) is 6.61 Å². The Kier molecular flexibility index (Phi) is 6.83. The number of amides is 1. The lowest BCUT2D eigenvalue weighted by atomic mass is 10.3. The van der Waals surface area contributed by atoms with Crippen molar-refractivity contribution in [3.05, 3.63) is 30.3 Å². The van der Waals surface area contributed by atoms with Gasteiger partial charge in [-0.15, -0.1) is 0 Å². The number of nitrogens with two attached hydrogens (primary N) is 1. The van der Waals surface area contributed by atoms with Crippen LogP contribution in [0.4, 0.5) is 5.69 Å². The summed E-state index contributed by atoms with van der Waals surface area (Å²) in [6.07, 6.45) is 0. The molecule has 5 heteroatoms. The average molecular weight is 252 g/mol. The van der Waals surface area contributed by atoms with Gasteiger partial charge < -0.3 is 20.1 Å². The van der Waals surface area contributed by atoms with Gasteiger partial charge in [0, 0.05) is 19.3 Å². The van der Waals surface area contributed by atoms with Crippen molar-refractivity contribution in [1.29, 1.82) is 0 Å². The third-order valence-electron chi connectivity index (χ3n) is 2.38. The normalized spacial score (nSPS) is 10.3. The highest BCUT2D eigenvalue weighted by atomic mass is 16.5. The van der Waals surface area contributed by atoms with Gasteiger partial charge >= 0.3 is 0 Å². The fraction of sp³-hybridized carbons (Fsp3) is 0.462. The van der Waals surface area contributed by atoms with Crippen LogP contribution in [0.25, 0.3) is 0 Å². The van der Waals surface area contributed by atoms with E-state index in [1.807, 2.05) is 25.2 Å². The quantitative estimate of drug-likeness (QED) is 0.655. The maximum Gasteiger partial charge on any atom is 0.243 e. The van der Waals surface area contributed by atoms with Gasteiger partial charge in [0.25, 0.3) is 0 Å². The molecule has 0 saturated carbocycles. The zero-order valence-electron chi connectivity index (χ0n) is 10.7. The predicted molar refractivity (Wildman–Crippen MR) is 70.5 cm³/mol.